The highest BCUT2D eigenvalue weighted by Gasteiger charge is 2.48. The maximum absolute atomic E-state index is 13.5. The summed E-state index contributed by atoms with van der Waals surface area (Å²) in [6, 6.07) is 15.3. The Morgan fingerprint density at radius 3 is 2.51 bits per heavy atom. The number of benzene rings is 3. The van der Waals surface area contributed by atoms with Crippen LogP contribution in [0.3, 0.4) is 0 Å². The summed E-state index contributed by atoms with van der Waals surface area (Å²) in [6.07, 6.45) is 0.654. The number of nitrogens with zero attached hydrogens (tertiary/aromatic N) is 2. The molecule has 10 heteroatoms. The quantitative estimate of drug-likeness (QED) is 0.200. The first kappa shape index (κ1) is 24.2. The predicted molar refractivity (Wildman–Crippen MR) is 141 cm³/mol. The lowest BCUT2D eigenvalue weighted by Crippen LogP contribution is -2.30. The highest BCUT2D eigenvalue weighted by molar-refractivity contribution is 6.51. The number of hydrogen-bond acceptors (Lipinski definition) is 7. The van der Waals surface area contributed by atoms with Crippen LogP contribution in [0.5, 0.6) is 11.5 Å². The Balaban J connectivity index is 1.52. The van der Waals surface area contributed by atoms with Crippen LogP contribution in [-0.4, -0.2) is 51.1 Å². The van der Waals surface area contributed by atoms with Gasteiger partial charge in [-0.15, -0.1) is 0 Å². The lowest BCUT2D eigenvalue weighted by Gasteiger charge is -2.23. The van der Waals surface area contributed by atoms with Crippen LogP contribution in [0, 0.1) is 0 Å². The normalized spacial score (nSPS) is 19.8. The van der Waals surface area contributed by atoms with Gasteiger partial charge >= 0.3 is 11.9 Å². The van der Waals surface area contributed by atoms with Crippen molar-refractivity contribution in [2.75, 3.05) is 12.0 Å². The van der Waals surface area contributed by atoms with Gasteiger partial charge in [-0.05, 0) is 66.6 Å². The molecule has 3 heterocycles. The molecule has 1 amide bonds. The molecule has 0 radical (unpaired) electrons. The summed E-state index contributed by atoms with van der Waals surface area (Å²) >= 11 is 0. The molecule has 0 saturated carbocycles. The van der Waals surface area contributed by atoms with E-state index in [0.717, 1.165) is 5.56 Å². The molecule has 2 aliphatic rings. The summed E-state index contributed by atoms with van der Waals surface area (Å²) in [6.45, 7) is 1.95. The molecule has 3 aromatic carbocycles. The molecule has 4 aromatic rings. The number of imidazole rings is 1. The number of nitrogens with one attached hydrogen (secondary N) is 1. The van der Waals surface area contributed by atoms with E-state index >= 15 is 0 Å². The molecular formula is C29H23N3O7. The number of carboxylic acids is 1. The third kappa shape index (κ3) is 3.97. The Morgan fingerprint density at radius 1 is 1.05 bits per heavy atom. The van der Waals surface area contributed by atoms with Gasteiger partial charge in [-0.3, -0.25) is 14.5 Å². The second-order valence-electron chi connectivity index (χ2n) is 9.49. The number of carbonyl (C=O) groups is 3. The zero-order valence-electron chi connectivity index (χ0n) is 21.0. The third-order valence-electron chi connectivity index (χ3n) is 6.99. The molecule has 39 heavy (non-hydrogen) atoms. The van der Waals surface area contributed by atoms with Crippen molar-refractivity contribution in [3.8, 4) is 11.5 Å². The first-order valence-electron chi connectivity index (χ1n) is 12.2. The van der Waals surface area contributed by atoms with Crippen molar-refractivity contribution in [1.29, 1.82) is 0 Å². The van der Waals surface area contributed by atoms with Crippen molar-refractivity contribution in [3.63, 3.8) is 0 Å². The maximum Gasteiger partial charge on any atom is 0.335 e. The number of ketones is 1. The predicted octanol–water partition coefficient (Wildman–Crippen LogP) is 4.22. The van der Waals surface area contributed by atoms with Crippen molar-refractivity contribution in [2.24, 2.45) is 0 Å². The molecule has 10 nitrogen and oxygen atoms in total. The van der Waals surface area contributed by atoms with Crippen LogP contribution in [-0.2, 0) is 16.0 Å². The van der Waals surface area contributed by atoms with Crippen molar-refractivity contribution >= 4 is 40.4 Å². The van der Waals surface area contributed by atoms with Gasteiger partial charge in [0, 0.05) is 12.0 Å². The van der Waals surface area contributed by atoms with Crippen molar-refractivity contribution < 1.29 is 34.1 Å². The van der Waals surface area contributed by atoms with Gasteiger partial charge in [0.2, 0.25) is 5.95 Å². The average Bonchev–Trinajstić information content (AvgIpc) is 3.60. The Labute approximate surface area is 222 Å². The number of amides is 1. The number of aromatic nitrogens is 2. The minimum atomic E-state index is -1.11. The molecule has 6 rings (SSSR count). The topological polar surface area (TPSA) is 142 Å². The highest BCUT2D eigenvalue weighted by atomic mass is 16.5. The Hall–Kier alpha value is -5.12. The number of hydrogen-bond donors (Lipinski definition) is 3. The molecule has 2 atom stereocenters. The number of aliphatic hydroxyl groups is 1. The standard InChI is InChI=1S/C29H23N3O7/c1-14-11-18-12-16(6-10-22(18)39-14)25(33)23-24(15-3-7-19(38-2)8-4-15)32(27(35)26(23)34)29-30-20-9-5-17(28(36)37)13-21(20)31-29/h3-10,12-14,24,33H,11H2,1-2H3,(H,30,31)(H,36,37)/b25-23+. The fourth-order valence-corrected chi connectivity index (χ4v) is 5.12. The summed E-state index contributed by atoms with van der Waals surface area (Å²) in [4.78, 5) is 47.0. The SMILES string of the molecule is COc1ccc(C2/C(=C(\O)c3ccc4c(c3)CC(C)O4)C(=O)C(=O)N2c2nc3ccc(C(=O)O)cc3[nH]2)cc1. The molecule has 1 fully saturated rings. The summed E-state index contributed by atoms with van der Waals surface area (Å²) in [5.74, 6) is -1.84. The first-order valence-corrected chi connectivity index (χ1v) is 12.2. The Morgan fingerprint density at radius 2 is 1.79 bits per heavy atom. The van der Waals surface area contributed by atoms with Crippen LogP contribution in [0.2, 0.25) is 0 Å². The van der Waals surface area contributed by atoms with Crippen LogP contribution < -0.4 is 14.4 Å². The number of Topliss-reactive ketones (excluding diaryl/α,β-unsaturated/α-hetero) is 1. The fourth-order valence-electron chi connectivity index (χ4n) is 5.12. The molecule has 1 saturated heterocycles. The van der Waals surface area contributed by atoms with Crippen molar-refractivity contribution in [2.45, 2.75) is 25.5 Å². The van der Waals surface area contributed by atoms with Crippen molar-refractivity contribution in [1.82, 2.24) is 9.97 Å². The van der Waals surface area contributed by atoms with Gasteiger partial charge in [0.05, 0.1) is 35.3 Å². The van der Waals surface area contributed by atoms with Gasteiger partial charge in [0.15, 0.2) is 0 Å². The van der Waals surface area contributed by atoms with Crippen LogP contribution >= 0.6 is 0 Å². The first-order chi connectivity index (χ1) is 18.7. The minimum absolute atomic E-state index is 0.00277. The van der Waals surface area contributed by atoms with E-state index in [0.29, 0.717) is 40.1 Å². The molecule has 196 valence electrons. The zero-order chi connectivity index (χ0) is 27.4. The van der Waals surface area contributed by atoms with Gasteiger partial charge < -0.3 is 24.7 Å². The number of carbonyl (C=O) groups excluding carboxylic acids is 2. The highest BCUT2D eigenvalue weighted by Crippen LogP contribution is 2.43. The van der Waals surface area contributed by atoms with Gasteiger partial charge in [0.25, 0.3) is 5.78 Å². The summed E-state index contributed by atoms with van der Waals surface area (Å²) in [5.41, 5.74) is 2.57. The number of ether oxygens (including phenoxy) is 2. The van der Waals surface area contributed by atoms with E-state index in [9.17, 15) is 24.6 Å². The number of anilines is 1. The van der Waals surface area contributed by atoms with Crippen LogP contribution in [0.15, 0.2) is 66.2 Å². The lowest BCUT2D eigenvalue weighted by atomic mass is 9.94. The zero-order valence-corrected chi connectivity index (χ0v) is 21.0. The molecule has 0 spiro atoms. The number of fused-ring (bicyclic) bond motifs is 2. The number of aromatic carboxylic acids is 1. The molecule has 0 aliphatic carbocycles. The summed E-state index contributed by atoms with van der Waals surface area (Å²) < 4.78 is 11.0. The third-order valence-corrected chi connectivity index (χ3v) is 6.99. The van der Waals surface area contributed by atoms with Crippen LogP contribution in [0.1, 0.15) is 40.0 Å². The number of aliphatic hydroxyl groups excluding tert-OH is 1. The van der Waals surface area contributed by atoms with Gasteiger partial charge in [-0.1, -0.05) is 12.1 Å². The van der Waals surface area contributed by atoms with E-state index in [1.165, 1.54) is 30.2 Å². The number of H-pyrrole nitrogens is 1. The van der Waals surface area contributed by atoms with Crippen LogP contribution in [0.4, 0.5) is 5.95 Å². The second-order valence-corrected chi connectivity index (χ2v) is 9.49. The number of rotatable bonds is 5. The van der Waals surface area contributed by atoms with E-state index in [4.69, 9.17) is 9.47 Å². The minimum Gasteiger partial charge on any atom is -0.507 e. The van der Waals surface area contributed by atoms with Crippen molar-refractivity contribution in [3.05, 3.63) is 88.5 Å². The molecule has 3 N–H and O–H groups in total. The average molecular weight is 526 g/mol. The molecule has 1 aromatic heterocycles. The van der Waals surface area contributed by atoms with Gasteiger partial charge in [0.1, 0.15) is 23.4 Å². The van der Waals surface area contributed by atoms with E-state index in [2.05, 4.69) is 9.97 Å². The van der Waals surface area contributed by atoms with E-state index in [1.54, 1.807) is 42.5 Å². The summed E-state index contributed by atoms with van der Waals surface area (Å²) in [7, 11) is 1.53. The van der Waals surface area contributed by atoms with E-state index in [1.807, 2.05) is 6.92 Å². The molecule has 2 aliphatic heterocycles. The molecule has 0 bridgehead atoms. The van der Waals surface area contributed by atoms with Crippen LogP contribution in [0.25, 0.3) is 16.8 Å². The summed E-state index contributed by atoms with van der Waals surface area (Å²) in [5, 5.41) is 20.8. The Bertz CT molecular complexity index is 1700. The second kappa shape index (κ2) is 9.02. The monoisotopic (exact) mass is 525 g/mol. The van der Waals surface area contributed by atoms with E-state index in [-0.39, 0.29) is 28.9 Å². The maximum atomic E-state index is 13.5. The van der Waals surface area contributed by atoms with Gasteiger partial charge in [-0.2, -0.15) is 0 Å². The largest absolute Gasteiger partial charge is 0.507 e. The molecular weight excluding hydrogens is 502 g/mol. The molecule has 2 unspecified atom stereocenters. The number of carboxylic acid groups (broad SMARTS) is 1. The van der Waals surface area contributed by atoms with Gasteiger partial charge in [-0.25, -0.2) is 9.78 Å². The smallest absolute Gasteiger partial charge is 0.335 e. The number of methoxy groups -OCH3 is 1. The fraction of sp³-hybridized carbons (Fsp3) is 0.172. The van der Waals surface area contributed by atoms with E-state index < -0.39 is 23.7 Å². The lowest BCUT2D eigenvalue weighted by molar-refractivity contribution is -0.132. The Kier molecular flexibility index (Phi) is 5.60. The number of aromatic amines is 1.